The largest absolute Gasteiger partial charge is 0.394 e. The molecule has 2 aliphatic heterocycles. The zero-order chi connectivity index (χ0) is 22.6. The molecule has 0 spiro atoms. The van der Waals surface area contributed by atoms with Gasteiger partial charge < -0.3 is 60.0 Å². The summed E-state index contributed by atoms with van der Waals surface area (Å²) in [5.74, 6) is -0.540. The minimum Gasteiger partial charge on any atom is -0.394 e. The summed E-state index contributed by atoms with van der Waals surface area (Å²) >= 11 is 0. The van der Waals surface area contributed by atoms with E-state index in [1.54, 1.807) is 0 Å². The molecule has 2 rings (SSSR count). The van der Waals surface area contributed by atoms with Gasteiger partial charge in [-0.15, -0.1) is 0 Å². The van der Waals surface area contributed by atoms with Gasteiger partial charge in [0.05, 0.1) is 25.9 Å². The summed E-state index contributed by atoms with van der Waals surface area (Å²) in [4.78, 5) is 11.6. The van der Waals surface area contributed by atoms with Crippen molar-refractivity contribution in [3.8, 4) is 0 Å². The van der Waals surface area contributed by atoms with Crippen LogP contribution in [0.3, 0.4) is 0 Å². The van der Waals surface area contributed by atoms with E-state index in [1.807, 2.05) is 0 Å². The van der Waals surface area contributed by atoms with Crippen molar-refractivity contribution in [2.45, 2.75) is 81.3 Å². The number of rotatable bonds is 8. The van der Waals surface area contributed by atoms with Crippen LogP contribution in [0.1, 0.15) is 13.8 Å². The van der Waals surface area contributed by atoms with E-state index in [4.69, 9.17) is 24.1 Å². The van der Waals surface area contributed by atoms with Crippen molar-refractivity contribution >= 4 is 5.91 Å². The highest BCUT2D eigenvalue weighted by Crippen LogP contribution is 2.29. The van der Waals surface area contributed by atoms with Crippen LogP contribution in [0.5, 0.6) is 0 Å². The Kier molecular flexibility index (Phi) is 9.32. The van der Waals surface area contributed by atoms with Crippen LogP contribution >= 0.6 is 0 Å². The van der Waals surface area contributed by atoms with Gasteiger partial charge in [-0.1, -0.05) is 0 Å². The summed E-state index contributed by atoms with van der Waals surface area (Å²) < 4.78 is 21.8. The van der Waals surface area contributed by atoms with E-state index in [2.05, 4.69) is 5.32 Å². The molecule has 0 bridgehead atoms. The minimum atomic E-state index is -1.66. The number of aliphatic hydroxyl groups is 7. The fraction of sp³-hybridized carbons (Fsp3) is 0.941. The Bertz CT molecular complexity index is 553. The lowest BCUT2D eigenvalue weighted by Crippen LogP contribution is -2.67. The van der Waals surface area contributed by atoms with Crippen molar-refractivity contribution in [2.75, 3.05) is 19.8 Å². The number of ether oxygens (including phenoxy) is 4. The van der Waals surface area contributed by atoms with E-state index in [0.717, 1.165) is 0 Å². The highest BCUT2D eigenvalue weighted by atomic mass is 16.7. The Morgan fingerprint density at radius 3 is 2.27 bits per heavy atom. The third-order valence-electron chi connectivity index (χ3n) is 4.99. The molecule has 1 unspecified atom stereocenters. The summed E-state index contributed by atoms with van der Waals surface area (Å²) in [6.45, 7) is 1.02. The molecule has 11 atom stereocenters. The first-order valence-corrected chi connectivity index (χ1v) is 9.57. The minimum absolute atomic E-state index is 0.375. The third-order valence-corrected chi connectivity index (χ3v) is 4.99. The second-order valence-electron chi connectivity index (χ2n) is 7.39. The van der Waals surface area contributed by atoms with Crippen LogP contribution in [-0.2, 0) is 23.7 Å². The van der Waals surface area contributed by atoms with Crippen LogP contribution in [0.25, 0.3) is 0 Å². The summed E-state index contributed by atoms with van der Waals surface area (Å²) in [7, 11) is 0. The van der Waals surface area contributed by atoms with E-state index in [0.29, 0.717) is 0 Å². The number of hydrogen-bond donors (Lipinski definition) is 8. The molecule has 2 saturated heterocycles. The van der Waals surface area contributed by atoms with Gasteiger partial charge in [0.1, 0.15) is 48.8 Å². The molecule has 0 aromatic rings. The predicted molar refractivity (Wildman–Crippen MR) is 95.6 cm³/mol. The molecule has 0 aromatic carbocycles. The summed E-state index contributed by atoms with van der Waals surface area (Å²) in [5.41, 5.74) is 0. The number of nitrogens with one attached hydrogen (secondary N) is 1. The average Bonchev–Trinajstić information content (AvgIpc) is 2.71. The van der Waals surface area contributed by atoms with Gasteiger partial charge in [0, 0.05) is 6.92 Å². The second-order valence-corrected chi connectivity index (χ2v) is 7.39. The lowest BCUT2D eigenvalue weighted by Gasteiger charge is -2.47. The average molecular weight is 441 g/mol. The van der Waals surface area contributed by atoms with Crippen molar-refractivity contribution in [2.24, 2.45) is 0 Å². The Balaban J connectivity index is 2.17. The Hall–Kier alpha value is -0.970. The van der Waals surface area contributed by atoms with Crippen molar-refractivity contribution in [3.63, 3.8) is 0 Å². The van der Waals surface area contributed by atoms with E-state index in [1.165, 1.54) is 13.8 Å². The Morgan fingerprint density at radius 1 is 1.03 bits per heavy atom. The number of aliphatic hydroxyl groups excluding tert-OH is 7. The fourth-order valence-corrected chi connectivity index (χ4v) is 3.31. The van der Waals surface area contributed by atoms with Crippen LogP contribution < -0.4 is 5.32 Å². The Morgan fingerprint density at radius 2 is 1.70 bits per heavy atom. The van der Waals surface area contributed by atoms with Crippen molar-refractivity contribution in [3.05, 3.63) is 0 Å². The van der Waals surface area contributed by atoms with Crippen LogP contribution in [0, 0.1) is 0 Å². The van der Waals surface area contributed by atoms with Crippen LogP contribution in [0.15, 0.2) is 0 Å². The molecule has 8 N–H and O–H groups in total. The van der Waals surface area contributed by atoms with Gasteiger partial charge in [0.2, 0.25) is 5.91 Å². The maximum atomic E-state index is 11.6. The molecule has 2 aliphatic rings. The summed E-state index contributed by atoms with van der Waals surface area (Å²) in [6, 6.07) is -1.20. The normalized spacial score (nSPS) is 43.2. The van der Waals surface area contributed by atoms with E-state index in [-0.39, 0.29) is 6.61 Å². The molecule has 0 saturated carbocycles. The molecule has 2 heterocycles. The van der Waals surface area contributed by atoms with Crippen molar-refractivity contribution < 1.29 is 59.5 Å². The number of amides is 1. The monoisotopic (exact) mass is 441 g/mol. The van der Waals surface area contributed by atoms with Gasteiger partial charge in [-0.05, 0) is 6.92 Å². The molecule has 13 nitrogen and oxygen atoms in total. The number of carbonyl (C=O) groups excluding carboxylic acids is 1. The van der Waals surface area contributed by atoms with E-state index >= 15 is 0 Å². The van der Waals surface area contributed by atoms with Gasteiger partial charge in [0.25, 0.3) is 0 Å². The topological polar surface area (TPSA) is 208 Å². The lowest BCUT2D eigenvalue weighted by molar-refractivity contribution is -0.345. The van der Waals surface area contributed by atoms with Gasteiger partial charge in [0.15, 0.2) is 12.6 Å². The molecule has 0 aliphatic carbocycles. The molecule has 0 aromatic heterocycles. The smallest absolute Gasteiger partial charge is 0.217 e. The second kappa shape index (κ2) is 11.1. The molecule has 176 valence electrons. The van der Waals surface area contributed by atoms with Gasteiger partial charge >= 0.3 is 0 Å². The number of carbonyl (C=O) groups is 1. The maximum Gasteiger partial charge on any atom is 0.217 e. The first-order chi connectivity index (χ1) is 14.1. The summed E-state index contributed by atoms with van der Waals surface area (Å²) in [5, 5.41) is 71.2. The molecule has 1 amide bonds. The maximum absolute atomic E-state index is 11.6. The lowest BCUT2D eigenvalue weighted by atomic mass is 9.95. The highest BCUT2D eigenvalue weighted by Gasteiger charge is 2.50. The van der Waals surface area contributed by atoms with Gasteiger partial charge in [-0.3, -0.25) is 4.79 Å². The molecular weight excluding hydrogens is 410 g/mol. The number of hydrogen-bond acceptors (Lipinski definition) is 12. The quantitative estimate of drug-likeness (QED) is 0.178. The van der Waals surface area contributed by atoms with Crippen molar-refractivity contribution in [1.82, 2.24) is 5.32 Å². The van der Waals surface area contributed by atoms with Crippen LogP contribution in [0.2, 0.25) is 0 Å². The zero-order valence-electron chi connectivity index (χ0n) is 16.6. The Labute approximate surface area is 172 Å². The fourth-order valence-electron chi connectivity index (χ4n) is 3.31. The van der Waals surface area contributed by atoms with Gasteiger partial charge in [-0.2, -0.15) is 0 Å². The van der Waals surface area contributed by atoms with E-state index in [9.17, 15) is 35.4 Å². The zero-order valence-corrected chi connectivity index (χ0v) is 16.6. The standard InChI is InChI=1S/C17H31NO12/c1-6-11(23)13(25)14(26)17(28-6)30-15-9(4-20)29-16(27-5-8(22)3-19)10(12(15)24)18-7(2)21/h6,8-17,19-20,22-26H,3-5H2,1-2H3,(H,18,21)/t6-,8?,9+,10+,11-,12+,13+,14+,15+,16+,17+/m0/s1. The van der Waals surface area contributed by atoms with E-state index < -0.39 is 86.6 Å². The molecule has 30 heavy (non-hydrogen) atoms. The molecule has 0 radical (unpaired) electrons. The third kappa shape index (κ3) is 5.83. The molecule has 13 heteroatoms. The van der Waals surface area contributed by atoms with Crippen LogP contribution in [0.4, 0.5) is 0 Å². The molecule has 2 fully saturated rings. The first kappa shape index (κ1) is 25.3. The first-order valence-electron chi connectivity index (χ1n) is 9.57. The van der Waals surface area contributed by atoms with Crippen LogP contribution in [-0.4, -0.2) is 129 Å². The highest BCUT2D eigenvalue weighted by molar-refractivity contribution is 5.73. The summed E-state index contributed by atoms with van der Waals surface area (Å²) in [6.07, 6.45) is -13.5. The molecular formula is C17H31NO12. The predicted octanol–water partition coefficient (Wildman–Crippen LogP) is -4.85. The SMILES string of the molecule is CC(=O)N[C@H]1[C@H](OCC(O)CO)O[C@H](CO)[C@@H](O[C@H]2O[C@@H](C)[C@H](O)[C@@H](O)[C@H]2O)[C@@H]1O. The van der Waals surface area contributed by atoms with Gasteiger partial charge in [-0.25, -0.2) is 0 Å². The van der Waals surface area contributed by atoms with Crippen molar-refractivity contribution in [1.29, 1.82) is 0 Å².